The third-order valence-electron chi connectivity index (χ3n) is 4.70. The molecule has 2 amide bonds. The van der Waals surface area contributed by atoms with Crippen LogP contribution in [0.3, 0.4) is 0 Å². The van der Waals surface area contributed by atoms with Gasteiger partial charge in [-0.25, -0.2) is 0 Å². The fraction of sp³-hybridized carbons (Fsp3) is 0.286. The Labute approximate surface area is 170 Å². The number of thiocarbonyl (C=S) groups is 1. The van der Waals surface area contributed by atoms with Crippen LogP contribution in [0.5, 0.6) is 0 Å². The number of aryl methyl sites for hydroxylation is 1. The molecular weight excluding hydrogens is 372 g/mol. The summed E-state index contributed by atoms with van der Waals surface area (Å²) in [6, 6.07) is 14.4. The van der Waals surface area contributed by atoms with Crippen LogP contribution in [0.1, 0.15) is 26.3 Å². The summed E-state index contributed by atoms with van der Waals surface area (Å²) in [6.07, 6.45) is 0. The topological polar surface area (TPSA) is 64.7 Å². The van der Waals surface area contributed by atoms with Crippen molar-refractivity contribution in [2.45, 2.75) is 6.92 Å². The molecule has 7 heteroatoms. The molecule has 0 saturated carbocycles. The van der Waals surface area contributed by atoms with Gasteiger partial charge in [-0.3, -0.25) is 14.9 Å². The van der Waals surface area contributed by atoms with E-state index in [4.69, 9.17) is 12.2 Å². The summed E-state index contributed by atoms with van der Waals surface area (Å²) in [7, 11) is 2.05. The van der Waals surface area contributed by atoms with Gasteiger partial charge in [0.05, 0.1) is 0 Å². The number of rotatable bonds is 3. The molecule has 6 nitrogen and oxygen atoms in total. The van der Waals surface area contributed by atoms with Crippen molar-refractivity contribution in [3.05, 3.63) is 65.2 Å². The predicted octanol–water partition coefficient (Wildman–Crippen LogP) is 2.51. The molecule has 28 heavy (non-hydrogen) atoms. The largest absolute Gasteiger partial charge is 0.336 e. The molecule has 2 N–H and O–H groups in total. The van der Waals surface area contributed by atoms with Gasteiger partial charge in [-0.1, -0.05) is 23.8 Å². The van der Waals surface area contributed by atoms with Crippen molar-refractivity contribution in [1.29, 1.82) is 0 Å². The van der Waals surface area contributed by atoms with Crippen molar-refractivity contribution >= 4 is 34.8 Å². The van der Waals surface area contributed by atoms with Crippen LogP contribution in [-0.2, 0) is 0 Å². The smallest absolute Gasteiger partial charge is 0.257 e. The average Bonchev–Trinajstić information content (AvgIpc) is 2.68. The number of nitrogens with one attached hydrogen (secondary N) is 2. The second kappa shape index (κ2) is 8.95. The number of carbonyl (C=O) groups excluding carboxylic acids is 2. The van der Waals surface area contributed by atoms with E-state index in [0.717, 1.165) is 31.7 Å². The van der Waals surface area contributed by atoms with Crippen LogP contribution in [0.15, 0.2) is 48.5 Å². The molecule has 1 saturated heterocycles. The van der Waals surface area contributed by atoms with Gasteiger partial charge in [-0.15, -0.1) is 0 Å². The van der Waals surface area contributed by atoms with Gasteiger partial charge in [0.2, 0.25) is 0 Å². The molecule has 1 aliphatic heterocycles. The first-order valence-corrected chi connectivity index (χ1v) is 9.60. The quantitative estimate of drug-likeness (QED) is 0.781. The van der Waals surface area contributed by atoms with Crippen LogP contribution in [-0.4, -0.2) is 60.0 Å². The van der Waals surface area contributed by atoms with Gasteiger partial charge in [0, 0.05) is 43.0 Å². The zero-order chi connectivity index (χ0) is 20.1. The molecule has 0 aliphatic carbocycles. The van der Waals surface area contributed by atoms with Crippen molar-refractivity contribution in [1.82, 2.24) is 15.1 Å². The van der Waals surface area contributed by atoms with Gasteiger partial charge in [-0.05, 0) is 56.5 Å². The highest BCUT2D eigenvalue weighted by molar-refractivity contribution is 7.80. The fourth-order valence-corrected chi connectivity index (χ4v) is 3.18. The Morgan fingerprint density at radius 3 is 2.32 bits per heavy atom. The van der Waals surface area contributed by atoms with Gasteiger partial charge in [0.15, 0.2) is 5.11 Å². The van der Waals surface area contributed by atoms with Gasteiger partial charge in [0.1, 0.15) is 0 Å². The number of hydrogen-bond donors (Lipinski definition) is 2. The van der Waals surface area contributed by atoms with Crippen molar-refractivity contribution in [2.75, 3.05) is 38.5 Å². The molecule has 1 fully saturated rings. The number of piperazine rings is 1. The standard InChI is InChI=1S/C21H24N4O2S/c1-15-6-8-16(9-7-15)19(26)23-21(28)22-18-5-3-4-17(14-18)20(27)25-12-10-24(2)11-13-25/h3-9,14H,10-13H2,1-2H3,(H2,22,23,26,28). The van der Waals surface area contributed by atoms with E-state index in [1.807, 2.05) is 30.0 Å². The molecule has 0 spiro atoms. The molecule has 1 aliphatic rings. The predicted molar refractivity (Wildman–Crippen MR) is 115 cm³/mol. The van der Waals surface area contributed by atoms with Crippen molar-refractivity contribution in [3.63, 3.8) is 0 Å². The minimum absolute atomic E-state index is 0.00589. The highest BCUT2D eigenvalue weighted by atomic mass is 32.1. The molecule has 2 aromatic carbocycles. The van der Waals surface area contributed by atoms with E-state index in [2.05, 4.69) is 22.6 Å². The van der Waals surface area contributed by atoms with Crippen LogP contribution in [0, 0.1) is 6.92 Å². The Morgan fingerprint density at radius 2 is 1.64 bits per heavy atom. The number of carbonyl (C=O) groups is 2. The Bertz CT molecular complexity index is 874. The molecule has 3 rings (SSSR count). The minimum Gasteiger partial charge on any atom is -0.336 e. The second-order valence-electron chi connectivity index (χ2n) is 6.95. The van der Waals surface area contributed by atoms with E-state index in [-0.39, 0.29) is 16.9 Å². The van der Waals surface area contributed by atoms with Crippen LogP contribution in [0.4, 0.5) is 5.69 Å². The van der Waals surface area contributed by atoms with Gasteiger partial charge in [0.25, 0.3) is 11.8 Å². The lowest BCUT2D eigenvalue weighted by atomic mass is 10.1. The highest BCUT2D eigenvalue weighted by Gasteiger charge is 2.20. The van der Waals surface area contributed by atoms with Crippen LogP contribution in [0.25, 0.3) is 0 Å². The highest BCUT2D eigenvalue weighted by Crippen LogP contribution is 2.14. The van der Waals surface area contributed by atoms with Crippen molar-refractivity contribution in [2.24, 2.45) is 0 Å². The lowest BCUT2D eigenvalue weighted by Gasteiger charge is -2.32. The maximum atomic E-state index is 12.7. The van der Waals surface area contributed by atoms with E-state index >= 15 is 0 Å². The van der Waals surface area contributed by atoms with E-state index in [9.17, 15) is 9.59 Å². The first kappa shape index (κ1) is 20.0. The number of benzene rings is 2. The molecule has 0 radical (unpaired) electrons. The van der Waals surface area contributed by atoms with Crippen LogP contribution in [0.2, 0.25) is 0 Å². The first-order valence-electron chi connectivity index (χ1n) is 9.19. The number of hydrogen-bond acceptors (Lipinski definition) is 4. The number of likely N-dealkylation sites (N-methyl/N-ethyl adjacent to an activating group) is 1. The van der Waals surface area contributed by atoms with Crippen molar-refractivity contribution < 1.29 is 9.59 Å². The van der Waals surface area contributed by atoms with E-state index in [1.165, 1.54) is 0 Å². The van der Waals surface area contributed by atoms with Gasteiger partial charge < -0.3 is 15.1 Å². The zero-order valence-corrected chi connectivity index (χ0v) is 16.9. The molecular formula is C21H24N4O2S. The number of amides is 2. The normalized spacial score (nSPS) is 14.4. The molecule has 0 aromatic heterocycles. The SMILES string of the molecule is Cc1ccc(C(=O)NC(=S)Nc2cccc(C(=O)N3CCN(C)CC3)c2)cc1. The van der Waals surface area contributed by atoms with Gasteiger partial charge in [-0.2, -0.15) is 0 Å². The summed E-state index contributed by atoms with van der Waals surface area (Å²) in [4.78, 5) is 29.0. The molecule has 1 heterocycles. The Kier molecular flexibility index (Phi) is 6.38. The minimum atomic E-state index is -0.276. The summed E-state index contributed by atoms with van der Waals surface area (Å²) in [5, 5.41) is 5.83. The Hall–Kier alpha value is -2.77. The number of nitrogens with zero attached hydrogens (tertiary/aromatic N) is 2. The summed E-state index contributed by atoms with van der Waals surface area (Å²) >= 11 is 5.24. The van der Waals surface area contributed by atoms with Crippen LogP contribution < -0.4 is 10.6 Å². The first-order chi connectivity index (χ1) is 13.4. The average molecular weight is 397 g/mol. The molecule has 0 atom stereocenters. The van der Waals surface area contributed by atoms with E-state index < -0.39 is 0 Å². The second-order valence-corrected chi connectivity index (χ2v) is 7.36. The summed E-state index contributed by atoms with van der Waals surface area (Å²) in [5.74, 6) is -0.270. The summed E-state index contributed by atoms with van der Waals surface area (Å²) in [5.41, 5.74) is 2.88. The van der Waals surface area contributed by atoms with E-state index in [1.54, 1.807) is 30.3 Å². The molecule has 2 aromatic rings. The third-order valence-corrected chi connectivity index (χ3v) is 4.90. The third kappa shape index (κ3) is 5.15. The maximum absolute atomic E-state index is 12.7. The Morgan fingerprint density at radius 1 is 0.964 bits per heavy atom. The Balaban J connectivity index is 1.60. The fourth-order valence-electron chi connectivity index (χ4n) is 2.96. The summed E-state index contributed by atoms with van der Waals surface area (Å²) < 4.78 is 0. The van der Waals surface area contributed by atoms with Gasteiger partial charge >= 0.3 is 0 Å². The van der Waals surface area contributed by atoms with Crippen LogP contribution >= 0.6 is 12.2 Å². The monoisotopic (exact) mass is 396 g/mol. The maximum Gasteiger partial charge on any atom is 0.257 e. The molecule has 146 valence electrons. The lowest BCUT2D eigenvalue weighted by molar-refractivity contribution is 0.0664. The zero-order valence-electron chi connectivity index (χ0n) is 16.1. The van der Waals surface area contributed by atoms with Crippen molar-refractivity contribution in [3.8, 4) is 0 Å². The number of anilines is 1. The van der Waals surface area contributed by atoms with E-state index in [0.29, 0.717) is 16.8 Å². The lowest BCUT2D eigenvalue weighted by Crippen LogP contribution is -2.47. The molecule has 0 bridgehead atoms. The molecule has 0 unspecified atom stereocenters. The summed E-state index contributed by atoms with van der Waals surface area (Å²) in [6.45, 7) is 5.15.